The Morgan fingerprint density at radius 2 is 1.44 bits per heavy atom. The van der Waals surface area contributed by atoms with Crippen LogP contribution >= 0.6 is 0 Å². The minimum absolute atomic E-state index is 0.147. The van der Waals surface area contributed by atoms with Crippen LogP contribution in [-0.2, 0) is 20.9 Å². The van der Waals surface area contributed by atoms with E-state index in [4.69, 9.17) is 24.2 Å². The van der Waals surface area contributed by atoms with E-state index < -0.39 is 19.3 Å². The predicted octanol–water partition coefficient (Wildman–Crippen LogP) is 9.28. The summed E-state index contributed by atoms with van der Waals surface area (Å²) >= 11 is 0. The number of likely N-dealkylation sites (tertiary alicyclic amines) is 2. The molecule has 4 aromatic rings. The SMILES string of the molecule is CC(C)(C)OC(=O)N1CCC[C@H]1c1nc2ccc(C#Cc3ccc(-c4cnc([C@@H]5CCCN5C(=O)OC(C)(C)C)n4COCC[Si](C)(C)C)cc3)cc2[nH]1. The van der Waals surface area contributed by atoms with Gasteiger partial charge in [-0.1, -0.05) is 43.6 Å². The van der Waals surface area contributed by atoms with Crippen LogP contribution in [-0.4, -0.2) is 80.5 Å². The summed E-state index contributed by atoms with van der Waals surface area (Å²) in [6, 6.07) is 14.8. The number of ether oxygens (including phenoxy) is 3. The lowest BCUT2D eigenvalue weighted by atomic mass is 10.1. The van der Waals surface area contributed by atoms with Gasteiger partial charge in [-0.25, -0.2) is 19.6 Å². The number of nitrogens with zero attached hydrogens (tertiary/aromatic N) is 5. The number of imidazole rings is 2. The van der Waals surface area contributed by atoms with E-state index in [1.165, 1.54) is 0 Å². The monoisotopic (exact) mass is 752 g/mol. The van der Waals surface area contributed by atoms with Crippen molar-refractivity contribution >= 4 is 31.3 Å². The molecule has 0 radical (unpaired) electrons. The molecule has 54 heavy (non-hydrogen) atoms. The second-order valence-corrected chi connectivity index (χ2v) is 23.2. The molecule has 288 valence electrons. The Kier molecular flexibility index (Phi) is 11.3. The molecule has 2 aromatic carbocycles. The number of carbonyl (C=O) groups excluding carboxylic acids is 2. The number of aromatic amines is 1. The van der Waals surface area contributed by atoms with Gasteiger partial charge in [0.1, 0.15) is 29.6 Å². The molecule has 0 aliphatic carbocycles. The van der Waals surface area contributed by atoms with Crippen molar-refractivity contribution < 1.29 is 23.8 Å². The van der Waals surface area contributed by atoms with Crippen molar-refractivity contribution in [2.75, 3.05) is 19.7 Å². The largest absolute Gasteiger partial charge is 0.444 e. The molecule has 12 heteroatoms. The standard InChI is InChI=1S/C42H56N6O5Si/c1-41(2,3)52-39(49)46-22-10-12-34(46)37-44-32-21-18-30(26-33(32)45-37)15-14-29-16-19-31(20-17-29)36-27-43-38(48(36)28-51-24-25-54(7,8)9)35-13-11-23-47(35)40(50)53-42(4,5)6/h16-21,26-27,34-35H,10-13,22-25,28H2,1-9H3,(H,44,45)/t34-,35-/m0/s1. The smallest absolute Gasteiger partial charge is 0.410 e. The van der Waals surface area contributed by atoms with E-state index in [2.05, 4.69) is 53.2 Å². The molecule has 0 spiro atoms. The fourth-order valence-corrected chi connectivity index (χ4v) is 7.61. The second-order valence-electron chi connectivity index (χ2n) is 17.6. The van der Waals surface area contributed by atoms with Crippen molar-refractivity contribution in [3.05, 3.63) is 71.4 Å². The molecule has 0 unspecified atom stereocenters. The lowest BCUT2D eigenvalue weighted by Crippen LogP contribution is -2.37. The molecular formula is C42H56N6O5Si. The first kappa shape index (κ1) is 39.1. The van der Waals surface area contributed by atoms with Crippen molar-refractivity contribution in [2.45, 2.75) is 123 Å². The number of carbonyl (C=O) groups is 2. The summed E-state index contributed by atoms with van der Waals surface area (Å²) in [5.74, 6) is 8.20. The second kappa shape index (κ2) is 15.6. The summed E-state index contributed by atoms with van der Waals surface area (Å²) in [6.07, 6.45) is 4.70. The zero-order valence-electron chi connectivity index (χ0n) is 33.4. The maximum atomic E-state index is 13.2. The predicted molar refractivity (Wildman–Crippen MR) is 214 cm³/mol. The van der Waals surface area contributed by atoms with Gasteiger partial charge < -0.3 is 23.8 Å². The molecule has 2 atom stereocenters. The van der Waals surface area contributed by atoms with Crippen molar-refractivity contribution in [2.24, 2.45) is 0 Å². The summed E-state index contributed by atoms with van der Waals surface area (Å²) < 4.78 is 19.8. The van der Waals surface area contributed by atoms with E-state index >= 15 is 0 Å². The topological polar surface area (TPSA) is 115 Å². The number of hydrogen-bond acceptors (Lipinski definition) is 7. The fraction of sp³-hybridized carbons (Fsp3) is 0.524. The third kappa shape index (κ3) is 9.73. The van der Waals surface area contributed by atoms with Crippen LogP contribution in [0.1, 0.15) is 102 Å². The number of benzene rings is 2. The summed E-state index contributed by atoms with van der Waals surface area (Å²) in [5.41, 5.74) is 4.26. The van der Waals surface area contributed by atoms with Crippen LogP contribution in [0.5, 0.6) is 0 Å². The first-order valence-electron chi connectivity index (χ1n) is 19.2. The van der Waals surface area contributed by atoms with Crippen LogP contribution in [0, 0.1) is 11.8 Å². The first-order valence-corrected chi connectivity index (χ1v) is 22.9. The van der Waals surface area contributed by atoms with Crippen LogP contribution in [0.25, 0.3) is 22.3 Å². The minimum Gasteiger partial charge on any atom is -0.444 e. The summed E-state index contributed by atoms with van der Waals surface area (Å²) in [7, 11) is -1.27. The number of aromatic nitrogens is 4. The van der Waals surface area contributed by atoms with Crippen molar-refractivity contribution in [1.82, 2.24) is 29.3 Å². The van der Waals surface area contributed by atoms with Crippen molar-refractivity contribution in [3.8, 4) is 23.1 Å². The zero-order chi connectivity index (χ0) is 38.8. The quantitative estimate of drug-likeness (QED) is 0.108. The number of fused-ring (bicyclic) bond motifs is 1. The molecule has 6 rings (SSSR count). The highest BCUT2D eigenvalue weighted by atomic mass is 28.3. The fourth-order valence-electron chi connectivity index (χ4n) is 6.85. The Balaban J connectivity index is 1.20. The van der Waals surface area contributed by atoms with Crippen molar-refractivity contribution in [3.63, 3.8) is 0 Å². The molecular weight excluding hydrogens is 697 g/mol. The molecule has 2 saturated heterocycles. The highest BCUT2D eigenvalue weighted by Gasteiger charge is 2.37. The van der Waals surface area contributed by atoms with E-state index in [9.17, 15) is 9.59 Å². The number of H-pyrrole nitrogens is 1. The van der Waals surface area contributed by atoms with Gasteiger partial charge in [-0.05, 0) is 109 Å². The van der Waals surface area contributed by atoms with E-state index in [0.29, 0.717) is 26.4 Å². The average Bonchev–Trinajstić information content (AvgIpc) is 3.89. The molecule has 2 aliphatic rings. The van der Waals surface area contributed by atoms with Gasteiger partial charge in [-0.2, -0.15) is 0 Å². The van der Waals surface area contributed by atoms with Crippen LogP contribution in [0.2, 0.25) is 25.7 Å². The first-order chi connectivity index (χ1) is 25.4. The molecule has 2 aliphatic heterocycles. The number of nitrogens with one attached hydrogen (secondary N) is 1. The highest BCUT2D eigenvalue weighted by Crippen LogP contribution is 2.36. The van der Waals surface area contributed by atoms with Gasteiger partial charge in [0.25, 0.3) is 0 Å². The molecule has 2 amide bonds. The molecule has 11 nitrogen and oxygen atoms in total. The van der Waals surface area contributed by atoms with Crippen LogP contribution in [0.4, 0.5) is 9.59 Å². The maximum absolute atomic E-state index is 13.2. The van der Waals surface area contributed by atoms with Crippen LogP contribution in [0.3, 0.4) is 0 Å². The van der Waals surface area contributed by atoms with E-state index in [0.717, 1.165) is 76.8 Å². The Morgan fingerprint density at radius 3 is 2.07 bits per heavy atom. The Morgan fingerprint density at radius 1 is 0.852 bits per heavy atom. The van der Waals surface area contributed by atoms with Gasteiger partial charge >= 0.3 is 12.2 Å². The summed E-state index contributed by atoms with van der Waals surface area (Å²) in [5, 5.41) is 0. The van der Waals surface area contributed by atoms with Gasteiger partial charge in [-0.3, -0.25) is 9.80 Å². The highest BCUT2D eigenvalue weighted by molar-refractivity contribution is 6.76. The molecule has 0 saturated carbocycles. The van der Waals surface area contributed by atoms with Gasteiger partial charge in [0.2, 0.25) is 0 Å². The third-order valence-electron chi connectivity index (χ3n) is 9.51. The maximum Gasteiger partial charge on any atom is 0.410 e. The normalized spacial score (nSPS) is 17.9. The van der Waals surface area contributed by atoms with Gasteiger partial charge in [0.15, 0.2) is 0 Å². The lowest BCUT2D eigenvalue weighted by Gasteiger charge is -2.29. The molecule has 1 N–H and O–H groups in total. The lowest BCUT2D eigenvalue weighted by molar-refractivity contribution is 0.0199. The Bertz CT molecular complexity index is 2020. The van der Waals surface area contributed by atoms with E-state index in [-0.39, 0.29) is 24.3 Å². The molecule has 4 heterocycles. The molecule has 2 aromatic heterocycles. The number of amides is 2. The summed E-state index contributed by atoms with van der Waals surface area (Å²) in [6.45, 7) is 20.7. The number of hydrogen-bond donors (Lipinski definition) is 1. The Hall–Kier alpha value is -4.60. The van der Waals surface area contributed by atoms with E-state index in [1.807, 2.05) is 83.0 Å². The van der Waals surface area contributed by atoms with E-state index in [1.54, 1.807) is 4.90 Å². The van der Waals surface area contributed by atoms with Gasteiger partial charge in [-0.15, -0.1) is 0 Å². The zero-order valence-corrected chi connectivity index (χ0v) is 34.4. The minimum atomic E-state index is -1.27. The molecule has 2 fully saturated rings. The Labute approximate surface area is 320 Å². The van der Waals surface area contributed by atoms with Crippen LogP contribution in [0.15, 0.2) is 48.7 Å². The molecule has 0 bridgehead atoms. The summed E-state index contributed by atoms with van der Waals surface area (Å²) in [4.78, 5) is 42.8. The van der Waals surface area contributed by atoms with Gasteiger partial charge in [0, 0.05) is 38.9 Å². The van der Waals surface area contributed by atoms with Gasteiger partial charge in [0.05, 0.1) is 35.0 Å². The number of rotatable bonds is 8. The third-order valence-corrected chi connectivity index (χ3v) is 11.2. The van der Waals surface area contributed by atoms with Crippen molar-refractivity contribution in [1.29, 1.82) is 0 Å². The van der Waals surface area contributed by atoms with Crippen LogP contribution < -0.4 is 0 Å². The average molecular weight is 753 g/mol.